The number of rotatable bonds is 9. The Kier molecular flexibility index (Phi) is 12.0. The van der Waals surface area contributed by atoms with Gasteiger partial charge >= 0.3 is 0 Å². The SMILES string of the molecule is CN=C(NCCCOC(C)C)NCCc1ccc(S(C)(=O)=O)cc1.I. The number of guanidine groups is 1. The number of sulfone groups is 1. The first-order chi connectivity index (χ1) is 11.3. The molecule has 0 saturated carbocycles. The molecular weight excluding hydrogens is 453 g/mol. The zero-order valence-electron chi connectivity index (χ0n) is 15.4. The monoisotopic (exact) mass is 483 g/mol. The summed E-state index contributed by atoms with van der Waals surface area (Å²) in [4.78, 5) is 4.52. The van der Waals surface area contributed by atoms with E-state index in [9.17, 15) is 8.42 Å². The summed E-state index contributed by atoms with van der Waals surface area (Å²) in [5.41, 5.74) is 1.08. The van der Waals surface area contributed by atoms with Crippen LogP contribution in [-0.4, -0.2) is 53.5 Å². The van der Waals surface area contributed by atoms with Crippen molar-refractivity contribution in [3.63, 3.8) is 0 Å². The Hall–Kier alpha value is -0.870. The summed E-state index contributed by atoms with van der Waals surface area (Å²) in [6.07, 6.45) is 3.19. The van der Waals surface area contributed by atoms with Crippen LogP contribution < -0.4 is 10.6 Å². The van der Waals surface area contributed by atoms with Gasteiger partial charge in [0.15, 0.2) is 15.8 Å². The van der Waals surface area contributed by atoms with Gasteiger partial charge in [0, 0.05) is 33.0 Å². The lowest BCUT2D eigenvalue weighted by molar-refractivity contribution is 0.0776. The molecule has 0 aliphatic carbocycles. The molecule has 0 spiro atoms. The molecule has 0 bridgehead atoms. The van der Waals surface area contributed by atoms with Crippen LogP contribution in [0.3, 0.4) is 0 Å². The van der Waals surface area contributed by atoms with Crippen molar-refractivity contribution >= 4 is 39.8 Å². The molecule has 0 aliphatic rings. The number of benzene rings is 1. The first kappa shape index (κ1) is 24.1. The van der Waals surface area contributed by atoms with Crippen LogP contribution in [0.2, 0.25) is 0 Å². The van der Waals surface area contributed by atoms with Gasteiger partial charge in [-0.2, -0.15) is 0 Å². The van der Waals surface area contributed by atoms with Gasteiger partial charge in [-0.3, -0.25) is 4.99 Å². The average Bonchev–Trinajstić information content (AvgIpc) is 2.52. The fraction of sp³-hybridized carbons (Fsp3) is 0.588. The van der Waals surface area contributed by atoms with E-state index in [0.29, 0.717) is 4.90 Å². The fourth-order valence-corrected chi connectivity index (χ4v) is 2.68. The molecule has 6 nitrogen and oxygen atoms in total. The van der Waals surface area contributed by atoms with Crippen LogP contribution in [0.5, 0.6) is 0 Å². The van der Waals surface area contributed by atoms with Crippen LogP contribution in [-0.2, 0) is 21.0 Å². The maximum absolute atomic E-state index is 11.4. The third-order valence-electron chi connectivity index (χ3n) is 3.35. The summed E-state index contributed by atoms with van der Waals surface area (Å²) in [6.45, 7) is 6.30. The highest BCUT2D eigenvalue weighted by Crippen LogP contribution is 2.10. The number of hydrogen-bond donors (Lipinski definition) is 2. The van der Waals surface area contributed by atoms with Gasteiger partial charge in [0.1, 0.15) is 0 Å². The molecule has 0 amide bonds. The molecule has 0 unspecified atom stereocenters. The summed E-state index contributed by atoms with van der Waals surface area (Å²) in [5.74, 6) is 0.757. The zero-order valence-corrected chi connectivity index (χ0v) is 18.6. The summed E-state index contributed by atoms with van der Waals surface area (Å²) < 4.78 is 28.3. The summed E-state index contributed by atoms with van der Waals surface area (Å²) in [6, 6.07) is 6.98. The highest BCUT2D eigenvalue weighted by Gasteiger charge is 2.06. The van der Waals surface area contributed by atoms with Gasteiger partial charge in [0.05, 0.1) is 11.0 Å². The minimum Gasteiger partial charge on any atom is -0.379 e. The molecule has 2 N–H and O–H groups in total. The molecule has 1 rings (SSSR count). The number of nitrogens with one attached hydrogen (secondary N) is 2. The van der Waals surface area contributed by atoms with Crippen molar-refractivity contribution < 1.29 is 13.2 Å². The topological polar surface area (TPSA) is 79.8 Å². The van der Waals surface area contributed by atoms with Gasteiger partial charge in [0.2, 0.25) is 0 Å². The maximum Gasteiger partial charge on any atom is 0.190 e. The van der Waals surface area contributed by atoms with Crippen LogP contribution in [0.25, 0.3) is 0 Å². The van der Waals surface area contributed by atoms with E-state index in [-0.39, 0.29) is 30.1 Å². The van der Waals surface area contributed by atoms with Crippen LogP contribution in [0, 0.1) is 0 Å². The number of nitrogens with zero attached hydrogens (tertiary/aromatic N) is 1. The van der Waals surface area contributed by atoms with Crippen molar-refractivity contribution in [3.05, 3.63) is 29.8 Å². The molecule has 0 heterocycles. The van der Waals surface area contributed by atoms with Gasteiger partial charge in [-0.25, -0.2) is 8.42 Å². The highest BCUT2D eigenvalue weighted by atomic mass is 127. The minimum absolute atomic E-state index is 0. The van der Waals surface area contributed by atoms with E-state index in [1.807, 2.05) is 26.0 Å². The quantitative estimate of drug-likeness (QED) is 0.244. The predicted octanol–water partition coefficient (Wildman–Crippen LogP) is 2.23. The lowest BCUT2D eigenvalue weighted by atomic mass is 10.1. The number of halogens is 1. The summed E-state index contributed by atoms with van der Waals surface area (Å²) in [7, 11) is -1.40. The van der Waals surface area contributed by atoms with E-state index in [4.69, 9.17) is 4.74 Å². The standard InChI is InChI=1S/C17H29N3O3S.HI/c1-14(2)23-13-5-11-19-17(18-3)20-12-10-15-6-8-16(9-7-15)24(4,21)22;/h6-9,14H,5,10-13H2,1-4H3,(H2,18,19,20);1H. The smallest absolute Gasteiger partial charge is 0.190 e. The Bertz CT molecular complexity index is 617. The van der Waals surface area contributed by atoms with Crippen molar-refractivity contribution in [1.29, 1.82) is 0 Å². The molecule has 0 aromatic heterocycles. The Morgan fingerprint density at radius 1 is 1.16 bits per heavy atom. The van der Waals surface area contributed by atoms with E-state index in [1.54, 1.807) is 19.2 Å². The lowest BCUT2D eigenvalue weighted by Gasteiger charge is -2.12. The third-order valence-corrected chi connectivity index (χ3v) is 4.47. The average molecular weight is 483 g/mol. The normalized spacial score (nSPS) is 12.0. The van der Waals surface area contributed by atoms with E-state index >= 15 is 0 Å². The number of hydrogen-bond acceptors (Lipinski definition) is 4. The summed E-state index contributed by atoms with van der Waals surface area (Å²) in [5, 5.41) is 6.48. The molecule has 25 heavy (non-hydrogen) atoms. The minimum atomic E-state index is -3.13. The van der Waals surface area contributed by atoms with E-state index in [0.717, 1.165) is 44.1 Å². The fourth-order valence-electron chi connectivity index (χ4n) is 2.05. The molecular formula is C17H30IN3O3S. The molecule has 144 valence electrons. The van der Waals surface area contributed by atoms with Crippen LogP contribution >= 0.6 is 24.0 Å². The number of aliphatic imine (C=N–C) groups is 1. The second kappa shape index (κ2) is 12.5. The molecule has 0 atom stereocenters. The zero-order chi connectivity index (χ0) is 18.0. The molecule has 0 saturated heterocycles. The Balaban J connectivity index is 0.00000576. The van der Waals surface area contributed by atoms with Crippen LogP contribution in [0.4, 0.5) is 0 Å². The molecule has 8 heteroatoms. The largest absolute Gasteiger partial charge is 0.379 e. The second-order valence-corrected chi connectivity index (χ2v) is 7.88. The first-order valence-electron chi connectivity index (χ1n) is 8.18. The van der Waals surface area contributed by atoms with Crippen molar-refractivity contribution in [3.8, 4) is 0 Å². The van der Waals surface area contributed by atoms with Gasteiger partial charge in [-0.15, -0.1) is 24.0 Å². The Morgan fingerprint density at radius 3 is 2.28 bits per heavy atom. The third kappa shape index (κ3) is 10.7. The molecule has 0 fully saturated rings. The maximum atomic E-state index is 11.4. The van der Waals surface area contributed by atoms with Crippen LogP contribution in [0.15, 0.2) is 34.2 Å². The van der Waals surface area contributed by atoms with Crippen molar-refractivity contribution in [2.24, 2.45) is 4.99 Å². The molecule has 0 aliphatic heterocycles. The lowest BCUT2D eigenvalue weighted by Crippen LogP contribution is -2.39. The van der Waals surface area contributed by atoms with Crippen molar-refractivity contribution in [1.82, 2.24) is 10.6 Å². The Labute approximate surface area is 168 Å². The van der Waals surface area contributed by atoms with E-state index in [2.05, 4.69) is 15.6 Å². The van der Waals surface area contributed by atoms with E-state index in [1.165, 1.54) is 6.26 Å². The van der Waals surface area contributed by atoms with Gasteiger partial charge in [-0.05, 0) is 44.4 Å². The second-order valence-electron chi connectivity index (χ2n) is 5.86. The number of ether oxygens (including phenoxy) is 1. The Morgan fingerprint density at radius 2 is 1.76 bits per heavy atom. The van der Waals surface area contributed by atoms with Crippen LogP contribution in [0.1, 0.15) is 25.8 Å². The molecule has 0 radical (unpaired) electrons. The van der Waals surface area contributed by atoms with Crippen molar-refractivity contribution in [2.45, 2.75) is 37.7 Å². The summed E-state index contributed by atoms with van der Waals surface area (Å²) >= 11 is 0. The van der Waals surface area contributed by atoms with Gasteiger partial charge in [0.25, 0.3) is 0 Å². The van der Waals surface area contributed by atoms with E-state index < -0.39 is 9.84 Å². The first-order valence-corrected chi connectivity index (χ1v) is 10.1. The predicted molar refractivity (Wildman–Crippen MR) is 114 cm³/mol. The van der Waals surface area contributed by atoms with Crippen molar-refractivity contribution in [2.75, 3.05) is 33.0 Å². The highest BCUT2D eigenvalue weighted by molar-refractivity contribution is 14.0. The van der Waals surface area contributed by atoms with Gasteiger partial charge < -0.3 is 15.4 Å². The van der Waals surface area contributed by atoms with Gasteiger partial charge in [-0.1, -0.05) is 12.1 Å². The molecule has 1 aromatic carbocycles. The molecule has 1 aromatic rings.